The van der Waals surface area contributed by atoms with Gasteiger partial charge in [-0.3, -0.25) is 4.79 Å². The summed E-state index contributed by atoms with van der Waals surface area (Å²) in [6.07, 6.45) is -15.2. The third-order valence-corrected chi connectivity index (χ3v) is 8.89. The zero-order chi connectivity index (χ0) is 35.4. The highest BCUT2D eigenvalue weighted by Gasteiger charge is 2.87. The Kier molecular flexibility index (Phi) is 10.9. The number of carbonyl (C=O) groups excluding carboxylic acids is 1. The van der Waals surface area contributed by atoms with Gasteiger partial charge in [-0.25, -0.2) is 16.8 Å². The van der Waals surface area contributed by atoms with Crippen molar-refractivity contribution in [2.75, 3.05) is 27.2 Å². The van der Waals surface area contributed by atoms with E-state index in [0.717, 1.165) is 6.92 Å². The van der Waals surface area contributed by atoms with E-state index in [4.69, 9.17) is 0 Å². The van der Waals surface area contributed by atoms with Crippen LogP contribution in [-0.2, 0) is 29.6 Å². The third kappa shape index (κ3) is 6.15. The SMILES string of the molecule is CCOC(=O)C(CN(C)S(=O)(=O)C(F)(F)C(F)(F)C(F)(F)C(F)(F)F)N(C)S(=O)(=O)C(F)(F)C(F)(F)C(F)(F)C(F)(F)F. The highest BCUT2D eigenvalue weighted by molar-refractivity contribution is 7.90. The molecule has 0 rings (SSSR count). The van der Waals surface area contributed by atoms with Crippen molar-refractivity contribution in [1.29, 1.82) is 0 Å². The van der Waals surface area contributed by atoms with Crippen molar-refractivity contribution < 1.29 is 105 Å². The van der Waals surface area contributed by atoms with Crippen molar-refractivity contribution in [3.63, 3.8) is 0 Å². The monoisotopic (exact) mass is 724 g/mol. The molecule has 43 heavy (non-hydrogen) atoms. The molecule has 0 N–H and O–H groups in total. The van der Waals surface area contributed by atoms with Crippen LogP contribution in [0.25, 0.3) is 0 Å². The molecule has 0 heterocycles. The average molecular weight is 724 g/mol. The summed E-state index contributed by atoms with van der Waals surface area (Å²) in [5, 5.41) is -15.2. The Labute approximate surface area is 227 Å². The second-order valence-corrected chi connectivity index (χ2v) is 12.0. The molecule has 0 aliphatic heterocycles. The highest BCUT2D eigenvalue weighted by atomic mass is 32.2. The van der Waals surface area contributed by atoms with E-state index in [1.165, 1.54) is 0 Å². The van der Waals surface area contributed by atoms with E-state index < -0.39 is 114 Å². The number of halogens is 18. The second kappa shape index (κ2) is 11.4. The van der Waals surface area contributed by atoms with Gasteiger partial charge >= 0.3 is 52.5 Å². The number of sulfonamides is 2. The predicted molar refractivity (Wildman–Crippen MR) is 100 cm³/mol. The number of rotatable bonds is 13. The zero-order valence-electron chi connectivity index (χ0n) is 20.5. The number of esters is 1. The molecule has 0 spiro atoms. The van der Waals surface area contributed by atoms with Crippen molar-refractivity contribution >= 4 is 26.0 Å². The van der Waals surface area contributed by atoms with Gasteiger partial charge < -0.3 is 4.74 Å². The first-order valence-corrected chi connectivity index (χ1v) is 12.8. The Hall–Kier alpha value is -1.97. The molecular formula is C15H14F18N2O6S2. The topological polar surface area (TPSA) is 101 Å². The first kappa shape index (κ1) is 41.0. The maximum absolute atomic E-state index is 14.2. The summed E-state index contributed by atoms with van der Waals surface area (Å²) in [6, 6.07) is -3.71. The number of likely N-dealkylation sites (N-methyl/N-ethyl adjacent to an activating group) is 2. The van der Waals surface area contributed by atoms with Crippen LogP contribution >= 0.6 is 0 Å². The molecule has 258 valence electrons. The highest BCUT2D eigenvalue weighted by Crippen LogP contribution is 2.56. The summed E-state index contributed by atoms with van der Waals surface area (Å²) >= 11 is 0. The molecule has 0 aromatic heterocycles. The van der Waals surface area contributed by atoms with Crippen molar-refractivity contribution in [1.82, 2.24) is 8.61 Å². The molecule has 1 unspecified atom stereocenters. The zero-order valence-corrected chi connectivity index (χ0v) is 22.1. The fraction of sp³-hybridized carbons (Fsp3) is 0.933. The van der Waals surface area contributed by atoms with Crippen molar-refractivity contribution in [3.05, 3.63) is 0 Å². The van der Waals surface area contributed by atoms with Crippen LogP contribution in [0.4, 0.5) is 79.0 Å². The van der Waals surface area contributed by atoms with Crippen molar-refractivity contribution in [2.45, 2.75) is 59.5 Å². The molecule has 0 saturated carbocycles. The number of hydrogen-bond donors (Lipinski definition) is 0. The van der Waals surface area contributed by atoms with Gasteiger partial charge in [0.2, 0.25) is 0 Å². The molecular weight excluding hydrogens is 710 g/mol. The summed E-state index contributed by atoms with van der Waals surface area (Å²) in [7, 11) is -16.7. The number of nitrogens with zero attached hydrogens (tertiary/aromatic N) is 2. The smallest absolute Gasteiger partial charge is 0.460 e. The fourth-order valence-electron chi connectivity index (χ4n) is 2.51. The number of ether oxygens (including phenoxy) is 1. The first-order chi connectivity index (χ1) is 18.4. The predicted octanol–water partition coefficient (Wildman–Crippen LogP) is 4.29. The molecule has 0 aromatic rings. The number of alkyl halides is 18. The second-order valence-electron chi connectivity index (χ2n) is 7.90. The van der Waals surface area contributed by atoms with Gasteiger partial charge in [0, 0.05) is 20.6 Å². The van der Waals surface area contributed by atoms with Gasteiger partial charge in [-0.15, -0.1) is 0 Å². The van der Waals surface area contributed by atoms with Crippen LogP contribution in [0.2, 0.25) is 0 Å². The maximum Gasteiger partial charge on any atom is 0.460 e. The van der Waals surface area contributed by atoms with Crippen LogP contribution in [0.15, 0.2) is 0 Å². The Morgan fingerprint density at radius 3 is 1.19 bits per heavy atom. The molecule has 0 aromatic carbocycles. The summed E-state index contributed by atoms with van der Waals surface area (Å²) in [6.45, 7) is -3.04. The molecule has 0 fully saturated rings. The van der Waals surface area contributed by atoms with Crippen LogP contribution in [0.5, 0.6) is 0 Å². The fourth-order valence-corrected chi connectivity index (χ4v) is 4.99. The first-order valence-electron chi connectivity index (χ1n) is 9.91. The Balaban J connectivity index is 7.04. The minimum Gasteiger partial charge on any atom is -0.465 e. The van der Waals surface area contributed by atoms with E-state index in [-0.39, 0.29) is 0 Å². The van der Waals surface area contributed by atoms with E-state index in [2.05, 4.69) is 4.74 Å². The van der Waals surface area contributed by atoms with Gasteiger partial charge in [-0.05, 0) is 6.92 Å². The van der Waals surface area contributed by atoms with Crippen LogP contribution in [0.3, 0.4) is 0 Å². The van der Waals surface area contributed by atoms with E-state index in [1.807, 2.05) is 0 Å². The van der Waals surface area contributed by atoms with E-state index in [1.54, 1.807) is 0 Å². The molecule has 0 aliphatic carbocycles. The van der Waals surface area contributed by atoms with Gasteiger partial charge in [0.1, 0.15) is 6.04 Å². The largest absolute Gasteiger partial charge is 0.465 e. The van der Waals surface area contributed by atoms with Crippen LogP contribution < -0.4 is 0 Å². The standard InChI is InChI=1S/C15H14F18N2O6S2/c1-4-41-7(36)6(35(3)43(39,40)15(32,33)11(22,23)9(18,19)13(27,28)29)5-34(2)42(37,38)14(30,31)10(20,21)8(16,17)12(24,25)26/h6H,4-5H2,1-3H3. The summed E-state index contributed by atoms with van der Waals surface area (Å²) in [5.74, 6) is -34.2. The minimum atomic E-state index is -7.97. The molecule has 0 saturated heterocycles. The van der Waals surface area contributed by atoms with Gasteiger partial charge in [-0.2, -0.15) is 87.6 Å². The molecule has 1 atom stereocenters. The van der Waals surface area contributed by atoms with Crippen LogP contribution in [-0.4, -0.2) is 111 Å². The van der Waals surface area contributed by atoms with Gasteiger partial charge in [0.05, 0.1) is 6.61 Å². The number of carbonyl (C=O) groups is 1. The molecule has 0 aliphatic rings. The summed E-state index contributed by atoms with van der Waals surface area (Å²) < 4.78 is 286. The Morgan fingerprint density at radius 1 is 0.605 bits per heavy atom. The normalized spacial score (nSPS) is 16.5. The average Bonchev–Trinajstić information content (AvgIpc) is 2.79. The molecule has 8 nitrogen and oxygen atoms in total. The maximum atomic E-state index is 14.2. The molecule has 0 bridgehead atoms. The summed E-state index contributed by atoms with van der Waals surface area (Å²) in [5.41, 5.74) is 0. The lowest BCUT2D eigenvalue weighted by Crippen LogP contribution is -2.67. The molecule has 28 heteroatoms. The van der Waals surface area contributed by atoms with Crippen molar-refractivity contribution in [2.24, 2.45) is 0 Å². The van der Waals surface area contributed by atoms with Gasteiger partial charge in [0.15, 0.2) is 0 Å². The van der Waals surface area contributed by atoms with Crippen molar-refractivity contribution in [3.8, 4) is 0 Å². The lowest BCUT2D eigenvalue weighted by molar-refractivity contribution is -0.382. The Morgan fingerprint density at radius 2 is 0.907 bits per heavy atom. The quantitative estimate of drug-likeness (QED) is 0.208. The lowest BCUT2D eigenvalue weighted by Gasteiger charge is -2.38. The lowest BCUT2D eigenvalue weighted by atomic mass is 10.1. The minimum absolute atomic E-state index is 0.526. The van der Waals surface area contributed by atoms with E-state index >= 15 is 0 Å². The molecule has 0 amide bonds. The molecule has 0 radical (unpaired) electrons. The Bertz CT molecular complexity index is 1250. The van der Waals surface area contributed by atoms with Gasteiger partial charge in [0.25, 0.3) is 20.0 Å². The number of hydrogen-bond acceptors (Lipinski definition) is 6. The van der Waals surface area contributed by atoms with E-state index in [0.29, 0.717) is 0 Å². The van der Waals surface area contributed by atoms with Crippen LogP contribution in [0, 0.1) is 0 Å². The third-order valence-electron chi connectivity index (χ3n) is 5.10. The van der Waals surface area contributed by atoms with E-state index in [9.17, 15) is 101 Å². The van der Waals surface area contributed by atoms with Gasteiger partial charge in [-0.1, -0.05) is 0 Å². The van der Waals surface area contributed by atoms with Crippen LogP contribution in [0.1, 0.15) is 6.92 Å². The summed E-state index contributed by atoms with van der Waals surface area (Å²) in [4.78, 5) is 12.0.